The van der Waals surface area contributed by atoms with E-state index < -0.39 is 27.5 Å². The van der Waals surface area contributed by atoms with Crippen molar-refractivity contribution in [1.82, 2.24) is 8.87 Å². The lowest BCUT2D eigenvalue weighted by Crippen LogP contribution is -2.37. The highest BCUT2D eigenvalue weighted by Crippen LogP contribution is 2.66. The molecule has 1 aromatic carbocycles. The second-order valence-corrected chi connectivity index (χ2v) is 12.5. The van der Waals surface area contributed by atoms with Crippen LogP contribution in [0, 0.1) is 5.41 Å². The van der Waals surface area contributed by atoms with Crippen LogP contribution in [0.1, 0.15) is 36.8 Å². The maximum atomic E-state index is 14.0. The normalized spacial score (nSPS) is 24.4. The van der Waals surface area contributed by atoms with Gasteiger partial charge in [0.05, 0.1) is 11.0 Å². The average molecular weight is 518 g/mol. The van der Waals surface area contributed by atoms with Gasteiger partial charge in [0.15, 0.2) is 0 Å². The van der Waals surface area contributed by atoms with Crippen LogP contribution in [-0.2, 0) is 23.5 Å². The lowest BCUT2D eigenvalue weighted by Gasteiger charge is -2.35. The number of aliphatic hydroxyl groups excluding tert-OH is 1. The van der Waals surface area contributed by atoms with E-state index in [0.717, 1.165) is 16.8 Å². The first-order valence-corrected chi connectivity index (χ1v) is 13.8. The first kappa shape index (κ1) is 23.8. The number of hydrogen-bond acceptors (Lipinski definition) is 5. The number of rotatable bonds is 4. The Kier molecular flexibility index (Phi) is 5.27. The number of aliphatic hydroxyl groups is 1. The zero-order valence-electron chi connectivity index (χ0n) is 20.1. The molecule has 3 fully saturated rings. The number of pyridine rings is 1. The zero-order chi connectivity index (χ0) is 25.5. The van der Waals surface area contributed by atoms with Crippen LogP contribution in [0.4, 0.5) is 14.5 Å². The van der Waals surface area contributed by atoms with Crippen LogP contribution in [-0.4, -0.2) is 60.6 Å². The number of halogens is 2. The Bertz CT molecular complexity index is 1440. The third kappa shape index (κ3) is 3.56. The van der Waals surface area contributed by atoms with Gasteiger partial charge in [-0.05, 0) is 49.4 Å². The SMILES string of the molecule is Cn1cc(-c2cc(S(=O)(=O)N3CC[C@H](O)C3)ccc2N2CCC3(CC2)CC3(F)F)c2c(c1=O)CC=C2. The predicted molar refractivity (Wildman–Crippen MR) is 133 cm³/mol. The second kappa shape index (κ2) is 7.97. The molecule has 4 aliphatic rings. The van der Waals surface area contributed by atoms with E-state index in [9.17, 15) is 27.1 Å². The number of hydrogen-bond donors (Lipinski definition) is 1. The summed E-state index contributed by atoms with van der Waals surface area (Å²) in [4.78, 5) is 14.9. The molecule has 2 aliphatic heterocycles. The molecule has 1 atom stereocenters. The van der Waals surface area contributed by atoms with E-state index in [2.05, 4.69) is 4.90 Å². The molecule has 7 nitrogen and oxygen atoms in total. The van der Waals surface area contributed by atoms with E-state index in [1.165, 1.54) is 8.87 Å². The Morgan fingerprint density at radius 2 is 1.83 bits per heavy atom. The van der Waals surface area contributed by atoms with Crippen molar-refractivity contribution in [3.63, 3.8) is 0 Å². The van der Waals surface area contributed by atoms with Crippen molar-refractivity contribution in [2.24, 2.45) is 12.5 Å². The molecule has 0 unspecified atom stereocenters. The van der Waals surface area contributed by atoms with Gasteiger partial charge in [-0.2, -0.15) is 4.31 Å². The number of fused-ring (bicyclic) bond motifs is 1. The summed E-state index contributed by atoms with van der Waals surface area (Å²) in [6.07, 6.45) is 6.47. The summed E-state index contributed by atoms with van der Waals surface area (Å²) in [5.74, 6) is -2.59. The standard InChI is InChI=1S/C26H29F2N3O4S/c1-29-15-22(19-3-2-4-20(19)24(29)33)21-13-18(36(34,35)31-10-7-17(32)14-31)5-6-23(21)30-11-8-25(9-12-30)16-26(25,27)28/h2-3,5-6,13,15,17,32H,4,7-12,14,16H2,1H3/t17-/m0/s1. The number of aromatic nitrogens is 1. The molecule has 0 bridgehead atoms. The number of allylic oxidation sites excluding steroid dienone is 1. The molecular weight excluding hydrogens is 488 g/mol. The number of alkyl halides is 2. The molecule has 1 spiro atoms. The number of anilines is 1. The Labute approximate surface area is 208 Å². The number of aryl methyl sites for hydroxylation is 1. The zero-order valence-corrected chi connectivity index (χ0v) is 20.9. The topological polar surface area (TPSA) is 82.8 Å². The quantitative estimate of drug-likeness (QED) is 0.674. The van der Waals surface area contributed by atoms with Crippen molar-refractivity contribution in [1.29, 1.82) is 0 Å². The summed E-state index contributed by atoms with van der Waals surface area (Å²) in [6.45, 7) is 1.22. The Morgan fingerprint density at radius 1 is 1.11 bits per heavy atom. The highest BCUT2D eigenvalue weighted by atomic mass is 32.2. The molecule has 2 aromatic rings. The third-order valence-electron chi connectivity index (χ3n) is 8.42. The van der Waals surface area contributed by atoms with E-state index in [0.29, 0.717) is 49.9 Å². The summed E-state index contributed by atoms with van der Waals surface area (Å²) in [7, 11) is -2.16. The molecule has 0 amide bonds. The first-order valence-electron chi connectivity index (χ1n) is 12.4. The van der Waals surface area contributed by atoms with Crippen molar-refractivity contribution in [3.05, 3.63) is 52.0 Å². The lowest BCUT2D eigenvalue weighted by atomic mass is 9.91. The van der Waals surface area contributed by atoms with Gasteiger partial charge in [0.2, 0.25) is 10.0 Å². The maximum absolute atomic E-state index is 14.0. The van der Waals surface area contributed by atoms with Crippen LogP contribution in [0.5, 0.6) is 0 Å². The minimum atomic E-state index is -3.84. The molecule has 2 aliphatic carbocycles. The van der Waals surface area contributed by atoms with Gasteiger partial charge in [-0.1, -0.05) is 12.2 Å². The highest BCUT2D eigenvalue weighted by Gasteiger charge is 2.70. The molecule has 6 rings (SSSR count). The number of benzene rings is 1. The second-order valence-electron chi connectivity index (χ2n) is 10.6. The molecule has 1 N–H and O–H groups in total. The van der Waals surface area contributed by atoms with Crippen LogP contribution < -0.4 is 10.5 Å². The molecule has 10 heteroatoms. The van der Waals surface area contributed by atoms with Crippen molar-refractivity contribution in [2.75, 3.05) is 31.1 Å². The van der Waals surface area contributed by atoms with Gasteiger partial charge >= 0.3 is 0 Å². The predicted octanol–water partition coefficient (Wildman–Crippen LogP) is 3.00. The number of nitrogens with zero attached hydrogens (tertiary/aromatic N) is 3. The van der Waals surface area contributed by atoms with E-state index in [4.69, 9.17) is 0 Å². The van der Waals surface area contributed by atoms with Gasteiger partial charge < -0.3 is 14.6 Å². The summed E-state index contributed by atoms with van der Waals surface area (Å²) in [5.41, 5.74) is 2.62. The van der Waals surface area contributed by atoms with Crippen molar-refractivity contribution in [2.45, 2.75) is 49.0 Å². The van der Waals surface area contributed by atoms with Gasteiger partial charge in [0.25, 0.3) is 11.5 Å². The summed E-state index contributed by atoms with van der Waals surface area (Å²) < 4.78 is 57.6. The van der Waals surface area contributed by atoms with Crippen molar-refractivity contribution >= 4 is 21.8 Å². The van der Waals surface area contributed by atoms with Gasteiger partial charge in [-0.25, -0.2) is 17.2 Å². The first-order chi connectivity index (χ1) is 17.0. The van der Waals surface area contributed by atoms with E-state index >= 15 is 0 Å². The Hall–Kier alpha value is -2.56. The van der Waals surface area contributed by atoms with Gasteiger partial charge in [-0.15, -0.1) is 0 Å². The average Bonchev–Trinajstić information content (AvgIpc) is 3.27. The van der Waals surface area contributed by atoms with E-state index in [-0.39, 0.29) is 30.0 Å². The molecule has 192 valence electrons. The largest absolute Gasteiger partial charge is 0.392 e. The number of sulfonamides is 1. The minimum absolute atomic E-state index is 0.0554. The summed E-state index contributed by atoms with van der Waals surface area (Å²) >= 11 is 0. The monoisotopic (exact) mass is 517 g/mol. The Balaban J connectivity index is 1.46. The van der Waals surface area contributed by atoms with Crippen LogP contribution in [0.15, 0.2) is 40.2 Å². The molecule has 36 heavy (non-hydrogen) atoms. The molecule has 1 saturated carbocycles. The fraction of sp³-hybridized carbons (Fsp3) is 0.500. The van der Waals surface area contributed by atoms with Crippen molar-refractivity contribution < 1.29 is 22.3 Å². The molecular formula is C26H29F2N3O4S. The van der Waals surface area contributed by atoms with E-state index in [1.54, 1.807) is 31.4 Å². The third-order valence-corrected chi connectivity index (χ3v) is 10.3. The van der Waals surface area contributed by atoms with Crippen LogP contribution in [0.3, 0.4) is 0 Å². The number of β-amino-alcohol motifs (C(OH)–C–C–N with tert-alkyl or cyclic N) is 1. The van der Waals surface area contributed by atoms with E-state index in [1.807, 2.05) is 12.2 Å². The minimum Gasteiger partial charge on any atom is -0.392 e. The summed E-state index contributed by atoms with van der Waals surface area (Å²) in [6, 6.07) is 4.96. The van der Waals surface area contributed by atoms with Gasteiger partial charge in [0, 0.05) is 73.6 Å². The molecule has 1 aromatic heterocycles. The molecule has 2 saturated heterocycles. The summed E-state index contributed by atoms with van der Waals surface area (Å²) in [5, 5.41) is 9.90. The van der Waals surface area contributed by atoms with Crippen molar-refractivity contribution in [3.8, 4) is 11.1 Å². The van der Waals surface area contributed by atoms with Gasteiger partial charge in [0.1, 0.15) is 0 Å². The van der Waals surface area contributed by atoms with Crippen LogP contribution in [0.2, 0.25) is 0 Å². The smallest absolute Gasteiger partial charge is 0.254 e. The number of piperidine rings is 1. The fourth-order valence-electron chi connectivity index (χ4n) is 6.05. The van der Waals surface area contributed by atoms with Gasteiger partial charge in [-0.3, -0.25) is 4.79 Å². The van der Waals surface area contributed by atoms with Crippen LogP contribution in [0.25, 0.3) is 17.2 Å². The lowest BCUT2D eigenvalue weighted by molar-refractivity contribution is 0.0537. The molecule has 0 radical (unpaired) electrons. The Morgan fingerprint density at radius 3 is 2.47 bits per heavy atom. The maximum Gasteiger partial charge on any atom is 0.254 e. The molecule has 3 heterocycles. The highest BCUT2D eigenvalue weighted by molar-refractivity contribution is 7.89. The fourth-order valence-corrected chi connectivity index (χ4v) is 7.57. The van der Waals surface area contributed by atoms with Crippen LogP contribution >= 0.6 is 0 Å².